The average molecular weight is 507 g/mol. The molecule has 0 aliphatic carbocycles. The highest BCUT2D eigenvalue weighted by atomic mass is 35.5. The van der Waals surface area contributed by atoms with Gasteiger partial charge in [0.1, 0.15) is 5.02 Å². The Labute approximate surface area is 217 Å². The molecule has 3 rings (SSSR count). The third kappa shape index (κ3) is 7.15. The van der Waals surface area contributed by atoms with E-state index in [1.54, 1.807) is 14.2 Å². The molecule has 0 aromatic heterocycles. The lowest BCUT2D eigenvalue weighted by molar-refractivity contribution is -0.482. The molecule has 34 heavy (non-hydrogen) atoms. The van der Waals surface area contributed by atoms with Crippen LogP contribution in [-0.4, -0.2) is 30.5 Å². The summed E-state index contributed by atoms with van der Waals surface area (Å²) in [6.07, 6.45) is 14.0. The van der Waals surface area contributed by atoms with Crippen molar-refractivity contribution in [1.29, 1.82) is 0 Å². The van der Waals surface area contributed by atoms with Gasteiger partial charge in [-0.2, -0.15) is 4.58 Å². The van der Waals surface area contributed by atoms with Gasteiger partial charge < -0.3 is 21.9 Å². The third-order valence-electron chi connectivity index (χ3n) is 6.80. The van der Waals surface area contributed by atoms with Crippen LogP contribution in [0.4, 0.5) is 5.69 Å². The fraction of sp³-hybridized carbons (Fsp3) is 0.552. The summed E-state index contributed by atoms with van der Waals surface area (Å²) in [7, 11) is 3.42. The van der Waals surface area contributed by atoms with E-state index < -0.39 is 0 Å². The van der Waals surface area contributed by atoms with E-state index in [9.17, 15) is 0 Å². The Balaban J connectivity index is 0.00000408. The van der Waals surface area contributed by atoms with Gasteiger partial charge in [-0.25, -0.2) is 0 Å². The molecular weight excluding hydrogens is 465 g/mol. The molecule has 1 heterocycles. The maximum atomic E-state index is 6.68. The molecule has 1 aliphatic rings. The molecule has 3 nitrogen and oxygen atoms in total. The third-order valence-corrected chi connectivity index (χ3v) is 7.12. The standard InChI is InChI=1S/C29H41ClNO2.ClH/c1-5-6-7-8-9-10-11-12-13-17-26-24-21-29(33-4)28(32-3)20-23(24)19-22(2)31(26)27-18-15-14-16-25(27)30;/h14-16,18,20-22H,5-13,17,19H2,1-4H3;1H/q+1;/p-1. The number of ether oxygens (including phenoxy) is 2. The van der Waals surface area contributed by atoms with Crippen molar-refractivity contribution in [3.05, 3.63) is 52.5 Å². The molecule has 0 bridgehead atoms. The van der Waals surface area contributed by atoms with Gasteiger partial charge in [-0.15, -0.1) is 0 Å². The second kappa shape index (κ2) is 14.6. The number of rotatable bonds is 13. The minimum atomic E-state index is 0. The zero-order valence-electron chi connectivity index (χ0n) is 21.3. The number of hydrogen-bond acceptors (Lipinski definition) is 2. The molecule has 1 unspecified atom stereocenters. The van der Waals surface area contributed by atoms with Gasteiger partial charge in [0.05, 0.1) is 14.2 Å². The van der Waals surface area contributed by atoms with E-state index in [1.165, 1.54) is 74.6 Å². The smallest absolute Gasteiger partial charge is 0.224 e. The first-order valence-electron chi connectivity index (χ1n) is 12.8. The number of nitrogens with zero attached hydrogens (tertiary/aromatic N) is 1. The van der Waals surface area contributed by atoms with Crippen molar-refractivity contribution in [2.45, 2.75) is 90.5 Å². The molecule has 0 radical (unpaired) electrons. The molecule has 0 spiro atoms. The van der Waals surface area contributed by atoms with Crippen LogP contribution in [0.2, 0.25) is 5.02 Å². The van der Waals surface area contributed by atoms with Crippen LogP contribution in [0, 0.1) is 0 Å². The zero-order chi connectivity index (χ0) is 23.6. The van der Waals surface area contributed by atoms with Crippen LogP contribution in [0.3, 0.4) is 0 Å². The zero-order valence-corrected chi connectivity index (χ0v) is 22.9. The highest BCUT2D eigenvalue weighted by Gasteiger charge is 2.34. The number of hydrogen-bond donors (Lipinski definition) is 0. The fourth-order valence-corrected chi connectivity index (χ4v) is 5.28. The average Bonchev–Trinajstić information content (AvgIpc) is 2.82. The first-order valence-corrected chi connectivity index (χ1v) is 13.1. The van der Waals surface area contributed by atoms with Gasteiger partial charge in [0, 0.05) is 24.5 Å². The molecule has 2 aromatic carbocycles. The van der Waals surface area contributed by atoms with Crippen LogP contribution in [0.1, 0.15) is 89.2 Å². The minimum Gasteiger partial charge on any atom is -1.00 e. The summed E-state index contributed by atoms with van der Waals surface area (Å²) in [5.74, 6) is 1.59. The molecule has 0 amide bonds. The molecule has 0 N–H and O–H groups in total. The van der Waals surface area contributed by atoms with E-state index in [0.717, 1.165) is 35.1 Å². The Kier molecular flexibility index (Phi) is 12.3. The topological polar surface area (TPSA) is 21.5 Å². The van der Waals surface area contributed by atoms with Crippen molar-refractivity contribution >= 4 is 23.0 Å². The van der Waals surface area contributed by atoms with E-state index in [4.69, 9.17) is 21.1 Å². The van der Waals surface area contributed by atoms with Gasteiger partial charge in [0.25, 0.3) is 0 Å². The van der Waals surface area contributed by atoms with Crippen LogP contribution in [0.25, 0.3) is 0 Å². The molecule has 0 saturated carbocycles. The van der Waals surface area contributed by atoms with E-state index in [2.05, 4.69) is 42.7 Å². The molecular formula is C29H41Cl2NO2. The van der Waals surface area contributed by atoms with Gasteiger partial charge in [0.15, 0.2) is 23.3 Å². The van der Waals surface area contributed by atoms with Crippen LogP contribution < -0.4 is 21.9 Å². The molecule has 0 saturated heterocycles. The van der Waals surface area contributed by atoms with Crippen LogP contribution in [-0.2, 0) is 6.42 Å². The number of halogens is 2. The summed E-state index contributed by atoms with van der Waals surface area (Å²) in [6, 6.07) is 12.9. The maximum Gasteiger partial charge on any atom is 0.224 e. The summed E-state index contributed by atoms with van der Waals surface area (Å²) < 4.78 is 13.7. The second-order valence-corrected chi connectivity index (χ2v) is 9.67. The predicted molar refractivity (Wildman–Crippen MR) is 140 cm³/mol. The fourth-order valence-electron chi connectivity index (χ4n) is 5.05. The Bertz CT molecular complexity index is 942. The van der Waals surface area contributed by atoms with Gasteiger partial charge >= 0.3 is 0 Å². The quantitative estimate of drug-likeness (QED) is 0.270. The maximum absolute atomic E-state index is 6.68. The Morgan fingerprint density at radius 1 is 0.882 bits per heavy atom. The predicted octanol–water partition coefficient (Wildman–Crippen LogP) is 5.36. The SMILES string of the molecule is CCCCCCCCCCCC1=[N+](c2ccccc2Cl)C(C)Cc2cc(OC)c(OC)cc21.[Cl-]. The number of fused-ring (bicyclic) bond motifs is 1. The summed E-state index contributed by atoms with van der Waals surface area (Å²) in [4.78, 5) is 0. The van der Waals surface area contributed by atoms with Crippen molar-refractivity contribution in [3.63, 3.8) is 0 Å². The monoisotopic (exact) mass is 505 g/mol. The molecule has 1 aliphatic heterocycles. The largest absolute Gasteiger partial charge is 1.00 e. The van der Waals surface area contributed by atoms with E-state index in [0.29, 0.717) is 6.04 Å². The molecule has 188 valence electrons. The van der Waals surface area contributed by atoms with Crippen molar-refractivity contribution in [1.82, 2.24) is 0 Å². The van der Waals surface area contributed by atoms with Gasteiger partial charge in [-0.1, -0.05) is 82.0 Å². The first-order chi connectivity index (χ1) is 16.1. The number of methoxy groups -OCH3 is 2. The highest BCUT2D eigenvalue weighted by molar-refractivity contribution is 6.32. The number of benzene rings is 2. The molecule has 5 heteroatoms. The molecule has 2 aromatic rings. The van der Waals surface area contributed by atoms with Crippen molar-refractivity contribution < 1.29 is 26.5 Å². The van der Waals surface area contributed by atoms with Crippen molar-refractivity contribution in [3.8, 4) is 11.5 Å². The van der Waals surface area contributed by atoms with Crippen molar-refractivity contribution in [2.24, 2.45) is 0 Å². The van der Waals surface area contributed by atoms with Crippen LogP contribution >= 0.6 is 11.6 Å². The number of unbranched alkanes of at least 4 members (excludes halogenated alkanes) is 8. The normalized spacial score (nSPS) is 15.0. The van der Waals surface area contributed by atoms with E-state index >= 15 is 0 Å². The van der Waals surface area contributed by atoms with E-state index in [-0.39, 0.29) is 12.4 Å². The molecule has 0 fully saturated rings. The van der Waals surface area contributed by atoms with Gasteiger partial charge in [0.2, 0.25) is 5.69 Å². The second-order valence-electron chi connectivity index (χ2n) is 9.26. The lowest BCUT2D eigenvalue weighted by Gasteiger charge is -2.25. The van der Waals surface area contributed by atoms with E-state index in [1.807, 2.05) is 12.1 Å². The lowest BCUT2D eigenvalue weighted by atomic mass is 9.89. The van der Waals surface area contributed by atoms with Gasteiger partial charge in [-0.3, -0.25) is 0 Å². The Hall–Kier alpha value is -1.71. The summed E-state index contributed by atoms with van der Waals surface area (Å²) >= 11 is 6.68. The summed E-state index contributed by atoms with van der Waals surface area (Å²) in [5, 5.41) is 0.804. The van der Waals surface area contributed by atoms with Crippen molar-refractivity contribution in [2.75, 3.05) is 14.2 Å². The minimum absolute atomic E-state index is 0. The highest BCUT2D eigenvalue weighted by Crippen LogP contribution is 2.37. The molecule has 1 atom stereocenters. The first kappa shape index (κ1) is 28.5. The van der Waals surface area contributed by atoms with Gasteiger partial charge in [-0.05, 0) is 37.1 Å². The summed E-state index contributed by atoms with van der Waals surface area (Å²) in [6.45, 7) is 4.57. The Morgan fingerprint density at radius 3 is 2.09 bits per heavy atom. The number of para-hydroxylation sites is 1. The Morgan fingerprint density at radius 2 is 1.47 bits per heavy atom. The lowest BCUT2D eigenvalue weighted by Crippen LogP contribution is -3.00. The van der Waals surface area contributed by atoms with Crippen LogP contribution in [0.15, 0.2) is 36.4 Å². The van der Waals surface area contributed by atoms with Crippen LogP contribution in [0.5, 0.6) is 11.5 Å². The summed E-state index contributed by atoms with van der Waals surface area (Å²) in [5.41, 5.74) is 5.04.